The van der Waals surface area contributed by atoms with Gasteiger partial charge < -0.3 is 15.5 Å². The van der Waals surface area contributed by atoms with E-state index >= 15 is 0 Å². The number of hydrogen-bond donors (Lipinski definition) is 2. The molecule has 2 rings (SSSR count). The first-order valence-electron chi connectivity index (χ1n) is 7.55. The molecule has 6 heteroatoms. The van der Waals surface area contributed by atoms with Crippen molar-refractivity contribution in [2.24, 2.45) is 5.92 Å². The van der Waals surface area contributed by atoms with Crippen LogP contribution in [0.5, 0.6) is 0 Å². The number of nitrogens with zero attached hydrogens (tertiary/aromatic N) is 2. The van der Waals surface area contributed by atoms with Gasteiger partial charge in [-0.2, -0.15) is 0 Å². The molecule has 0 aromatic heterocycles. The molecule has 1 aliphatic heterocycles. The van der Waals surface area contributed by atoms with Gasteiger partial charge in [0.2, 0.25) is 11.8 Å². The molecule has 0 aromatic carbocycles. The highest BCUT2D eigenvalue weighted by Crippen LogP contribution is 2.18. The molecule has 1 saturated carbocycles. The highest BCUT2D eigenvalue weighted by molar-refractivity contribution is 5.79. The van der Waals surface area contributed by atoms with Gasteiger partial charge in [0.15, 0.2) is 0 Å². The predicted octanol–water partition coefficient (Wildman–Crippen LogP) is -0.735. The maximum Gasteiger partial charge on any atom is 0.234 e. The van der Waals surface area contributed by atoms with Gasteiger partial charge in [-0.25, -0.2) is 0 Å². The van der Waals surface area contributed by atoms with Crippen molar-refractivity contribution in [3.05, 3.63) is 0 Å². The fourth-order valence-electron chi connectivity index (χ4n) is 2.54. The largest absolute Gasteiger partial charge is 0.352 e. The number of carbonyl (C=O) groups is 2. The van der Waals surface area contributed by atoms with Crippen LogP contribution in [0.3, 0.4) is 0 Å². The molecule has 2 fully saturated rings. The van der Waals surface area contributed by atoms with Crippen LogP contribution in [0.15, 0.2) is 0 Å². The molecule has 1 saturated heterocycles. The van der Waals surface area contributed by atoms with Crippen LogP contribution in [0.2, 0.25) is 0 Å². The molecule has 1 heterocycles. The van der Waals surface area contributed by atoms with Crippen molar-refractivity contribution in [3.63, 3.8) is 0 Å². The topological polar surface area (TPSA) is 64.7 Å². The van der Waals surface area contributed by atoms with E-state index in [1.807, 2.05) is 18.9 Å². The number of nitrogens with one attached hydrogen (secondary N) is 2. The van der Waals surface area contributed by atoms with Crippen LogP contribution in [0.1, 0.15) is 19.8 Å². The first kappa shape index (κ1) is 15.3. The Balaban J connectivity index is 1.68. The van der Waals surface area contributed by atoms with Crippen molar-refractivity contribution in [1.29, 1.82) is 0 Å². The summed E-state index contributed by atoms with van der Waals surface area (Å²) in [6.07, 6.45) is 2.24. The summed E-state index contributed by atoms with van der Waals surface area (Å²) >= 11 is 0. The standard InChI is InChI=1S/C14H26N4O2/c1-11(9-15-2)14(20)18-7-5-17(6-8-18)10-13(19)16-12-3-4-12/h11-12,15H,3-10H2,1-2H3,(H,16,19). The van der Waals surface area contributed by atoms with E-state index in [1.165, 1.54) is 0 Å². The van der Waals surface area contributed by atoms with Crippen LogP contribution in [0.4, 0.5) is 0 Å². The zero-order valence-electron chi connectivity index (χ0n) is 12.5. The Morgan fingerprint density at radius 1 is 1.20 bits per heavy atom. The van der Waals surface area contributed by atoms with Gasteiger partial charge in [-0.1, -0.05) is 6.92 Å². The summed E-state index contributed by atoms with van der Waals surface area (Å²) in [5.41, 5.74) is 0. The quantitative estimate of drug-likeness (QED) is 0.674. The molecule has 20 heavy (non-hydrogen) atoms. The minimum atomic E-state index is 0.0183. The summed E-state index contributed by atoms with van der Waals surface area (Å²) in [6, 6.07) is 0.424. The summed E-state index contributed by atoms with van der Waals surface area (Å²) in [4.78, 5) is 27.9. The molecule has 1 aliphatic carbocycles. The molecule has 0 spiro atoms. The predicted molar refractivity (Wildman–Crippen MR) is 77.3 cm³/mol. The van der Waals surface area contributed by atoms with Crippen molar-refractivity contribution < 1.29 is 9.59 Å². The molecule has 114 valence electrons. The lowest BCUT2D eigenvalue weighted by Gasteiger charge is -2.35. The van der Waals surface area contributed by atoms with E-state index in [2.05, 4.69) is 15.5 Å². The van der Waals surface area contributed by atoms with Crippen molar-refractivity contribution in [3.8, 4) is 0 Å². The van der Waals surface area contributed by atoms with Crippen LogP contribution < -0.4 is 10.6 Å². The van der Waals surface area contributed by atoms with Crippen LogP contribution in [-0.4, -0.2) is 74.0 Å². The first-order chi connectivity index (χ1) is 9.60. The lowest BCUT2D eigenvalue weighted by Crippen LogP contribution is -2.52. The van der Waals surface area contributed by atoms with Crippen molar-refractivity contribution >= 4 is 11.8 Å². The molecule has 1 atom stereocenters. The Labute approximate surface area is 120 Å². The van der Waals surface area contributed by atoms with Gasteiger partial charge in [-0.05, 0) is 19.9 Å². The van der Waals surface area contributed by atoms with Gasteiger partial charge in [0.25, 0.3) is 0 Å². The highest BCUT2D eigenvalue weighted by Gasteiger charge is 2.27. The molecule has 2 amide bonds. The first-order valence-corrected chi connectivity index (χ1v) is 7.55. The summed E-state index contributed by atoms with van der Waals surface area (Å²) in [7, 11) is 1.86. The zero-order valence-corrected chi connectivity index (χ0v) is 12.5. The summed E-state index contributed by atoms with van der Waals surface area (Å²) in [5.74, 6) is 0.349. The maximum absolute atomic E-state index is 12.2. The minimum Gasteiger partial charge on any atom is -0.352 e. The fourth-order valence-corrected chi connectivity index (χ4v) is 2.54. The van der Waals surface area contributed by atoms with Crippen molar-refractivity contribution in [2.75, 3.05) is 46.3 Å². The number of hydrogen-bond acceptors (Lipinski definition) is 4. The lowest BCUT2D eigenvalue weighted by molar-refractivity contribution is -0.136. The van der Waals surface area contributed by atoms with E-state index in [0.717, 1.165) is 39.0 Å². The monoisotopic (exact) mass is 282 g/mol. The number of piperazine rings is 1. The third-order valence-electron chi connectivity index (χ3n) is 3.93. The number of amides is 2. The number of carbonyl (C=O) groups excluding carboxylic acids is 2. The maximum atomic E-state index is 12.2. The van der Waals surface area contributed by atoms with E-state index in [4.69, 9.17) is 0 Å². The minimum absolute atomic E-state index is 0.0183. The molecule has 6 nitrogen and oxygen atoms in total. The van der Waals surface area contributed by atoms with Crippen LogP contribution in [0, 0.1) is 5.92 Å². The molecular weight excluding hydrogens is 256 g/mol. The Bertz CT molecular complexity index is 349. The Hall–Kier alpha value is -1.14. The fraction of sp³-hybridized carbons (Fsp3) is 0.857. The molecule has 0 aromatic rings. The van der Waals surface area contributed by atoms with Crippen molar-refractivity contribution in [2.45, 2.75) is 25.8 Å². The van der Waals surface area contributed by atoms with Crippen molar-refractivity contribution in [1.82, 2.24) is 20.4 Å². The highest BCUT2D eigenvalue weighted by atomic mass is 16.2. The second kappa shape index (κ2) is 7.04. The summed E-state index contributed by atoms with van der Waals surface area (Å²) < 4.78 is 0. The molecule has 0 radical (unpaired) electrons. The lowest BCUT2D eigenvalue weighted by atomic mass is 10.1. The Kier molecular flexibility index (Phi) is 5.37. The molecule has 2 N–H and O–H groups in total. The van der Waals surface area contributed by atoms with E-state index < -0.39 is 0 Å². The van der Waals surface area contributed by atoms with E-state index in [-0.39, 0.29) is 17.7 Å². The van der Waals surface area contributed by atoms with Gasteiger partial charge >= 0.3 is 0 Å². The zero-order chi connectivity index (χ0) is 14.5. The van der Waals surface area contributed by atoms with E-state index in [1.54, 1.807) is 0 Å². The molecule has 0 bridgehead atoms. The SMILES string of the molecule is CNCC(C)C(=O)N1CCN(CC(=O)NC2CC2)CC1. The van der Waals surface area contributed by atoms with Gasteiger partial charge in [-0.15, -0.1) is 0 Å². The second-order valence-corrected chi connectivity index (χ2v) is 5.90. The average molecular weight is 282 g/mol. The van der Waals surface area contributed by atoms with Crippen LogP contribution in [-0.2, 0) is 9.59 Å². The van der Waals surface area contributed by atoms with E-state index in [0.29, 0.717) is 19.1 Å². The second-order valence-electron chi connectivity index (χ2n) is 5.90. The summed E-state index contributed by atoms with van der Waals surface area (Å²) in [5, 5.41) is 6.04. The molecular formula is C14H26N4O2. The smallest absolute Gasteiger partial charge is 0.234 e. The van der Waals surface area contributed by atoms with Gasteiger partial charge in [0.1, 0.15) is 0 Å². The molecule has 1 unspecified atom stereocenters. The normalized spacial score (nSPS) is 21.6. The average Bonchev–Trinajstić information content (AvgIpc) is 3.23. The van der Waals surface area contributed by atoms with Gasteiger partial charge in [0, 0.05) is 44.7 Å². The summed E-state index contributed by atoms with van der Waals surface area (Å²) in [6.45, 7) is 6.15. The third kappa shape index (κ3) is 4.45. The van der Waals surface area contributed by atoms with Crippen LogP contribution in [0.25, 0.3) is 0 Å². The van der Waals surface area contributed by atoms with Gasteiger partial charge in [-0.3, -0.25) is 14.5 Å². The Morgan fingerprint density at radius 3 is 2.40 bits per heavy atom. The third-order valence-corrected chi connectivity index (χ3v) is 3.93. The molecule has 2 aliphatic rings. The van der Waals surface area contributed by atoms with E-state index in [9.17, 15) is 9.59 Å². The Morgan fingerprint density at radius 2 is 1.85 bits per heavy atom. The number of rotatable bonds is 6. The van der Waals surface area contributed by atoms with Crippen LogP contribution >= 0.6 is 0 Å². The van der Waals surface area contributed by atoms with Gasteiger partial charge in [0.05, 0.1) is 6.54 Å².